The molecule has 6 nitrogen and oxygen atoms in total. The van der Waals surface area contributed by atoms with Crippen LogP contribution in [-0.4, -0.2) is 38.2 Å². The first kappa shape index (κ1) is 17.2. The highest BCUT2D eigenvalue weighted by molar-refractivity contribution is 5.89. The maximum Gasteiger partial charge on any atom is 0.508 e. The highest BCUT2D eigenvalue weighted by atomic mass is 16.7. The van der Waals surface area contributed by atoms with Crippen molar-refractivity contribution in [2.45, 2.75) is 57.5 Å². The Morgan fingerprint density at radius 1 is 1.04 bits per heavy atom. The molecule has 3 saturated carbocycles. The molecule has 3 fully saturated rings. The van der Waals surface area contributed by atoms with Gasteiger partial charge in [0.15, 0.2) is 0 Å². The van der Waals surface area contributed by atoms with Gasteiger partial charge in [0.05, 0.1) is 20.1 Å². The normalized spacial score (nSPS) is 38.5. The summed E-state index contributed by atoms with van der Waals surface area (Å²) in [6.07, 6.45) is 5.16. The second-order valence-corrected chi connectivity index (χ2v) is 7.41. The molecule has 3 aliphatic rings. The van der Waals surface area contributed by atoms with Crippen molar-refractivity contribution in [3.63, 3.8) is 0 Å². The van der Waals surface area contributed by atoms with Gasteiger partial charge >= 0.3 is 12.1 Å². The number of hydrogen-bond acceptors (Lipinski definition) is 6. The van der Waals surface area contributed by atoms with Crippen LogP contribution in [0.2, 0.25) is 0 Å². The van der Waals surface area contributed by atoms with Crippen molar-refractivity contribution in [3.8, 4) is 0 Å². The molecule has 0 aliphatic heterocycles. The largest absolute Gasteiger partial charge is 0.508 e. The average molecular weight is 338 g/mol. The van der Waals surface area contributed by atoms with E-state index >= 15 is 0 Å². The summed E-state index contributed by atoms with van der Waals surface area (Å²) >= 11 is 0. The van der Waals surface area contributed by atoms with Gasteiger partial charge in [-0.2, -0.15) is 0 Å². The molecule has 1 unspecified atom stereocenters. The zero-order valence-electron chi connectivity index (χ0n) is 14.4. The molecule has 0 aromatic carbocycles. The van der Waals surface area contributed by atoms with Gasteiger partial charge in [-0.05, 0) is 38.5 Å². The fourth-order valence-corrected chi connectivity index (χ4v) is 5.27. The van der Waals surface area contributed by atoms with Crippen LogP contribution in [0.1, 0.15) is 51.4 Å². The Balaban J connectivity index is 1.94. The smallest absolute Gasteiger partial charge is 0.469 e. The number of hydrogen-bond donors (Lipinski definition) is 0. The minimum atomic E-state index is -0.714. The van der Waals surface area contributed by atoms with E-state index in [0.29, 0.717) is 19.3 Å². The molecule has 1 spiro atoms. The van der Waals surface area contributed by atoms with E-state index in [9.17, 15) is 14.4 Å². The van der Waals surface area contributed by atoms with Gasteiger partial charge in [0.25, 0.3) is 0 Å². The quantitative estimate of drug-likeness (QED) is 0.720. The van der Waals surface area contributed by atoms with Crippen LogP contribution in [0.4, 0.5) is 4.79 Å². The minimum absolute atomic E-state index is 0.0709. The summed E-state index contributed by atoms with van der Waals surface area (Å²) in [5.74, 6) is -0.453. The van der Waals surface area contributed by atoms with E-state index in [0.717, 1.165) is 32.1 Å². The summed E-state index contributed by atoms with van der Waals surface area (Å²) < 4.78 is 15.1. The highest BCUT2D eigenvalue weighted by Crippen LogP contribution is 2.57. The van der Waals surface area contributed by atoms with Gasteiger partial charge in [0.2, 0.25) is 0 Å². The van der Waals surface area contributed by atoms with Crippen molar-refractivity contribution in [2.75, 3.05) is 14.2 Å². The van der Waals surface area contributed by atoms with Crippen LogP contribution in [0, 0.1) is 23.2 Å². The number of ketones is 1. The zero-order valence-corrected chi connectivity index (χ0v) is 14.4. The predicted molar refractivity (Wildman–Crippen MR) is 84.1 cm³/mol. The van der Waals surface area contributed by atoms with Gasteiger partial charge in [0.1, 0.15) is 11.9 Å². The van der Waals surface area contributed by atoms with Crippen molar-refractivity contribution in [2.24, 2.45) is 23.2 Å². The summed E-state index contributed by atoms with van der Waals surface area (Å²) in [7, 11) is 2.67. The van der Waals surface area contributed by atoms with Crippen LogP contribution in [0.25, 0.3) is 0 Å². The topological polar surface area (TPSA) is 78.9 Å². The number of Topliss-reactive ketones (excluding diaryl/α,β-unsaturated/α-hetero) is 1. The Bertz CT molecular complexity index is 530. The fourth-order valence-electron chi connectivity index (χ4n) is 5.27. The van der Waals surface area contributed by atoms with E-state index in [1.807, 2.05) is 0 Å². The van der Waals surface area contributed by atoms with Gasteiger partial charge in [-0.3, -0.25) is 9.59 Å². The number of carbonyl (C=O) groups is 3. The third kappa shape index (κ3) is 2.80. The molecular weight excluding hydrogens is 312 g/mol. The summed E-state index contributed by atoms with van der Waals surface area (Å²) in [5, 5.41) is 0. The van der Waals surface area contributed by atoms with Crippen LogP contribution < -0.4 is 0 Å². The lowest BCUT2D eigenvalue weighted by molar-refractivity contribution is -0.147. The van der Waals surface area contributed by atoms with Crippen molar-refractivity contribution in [1.29, 1.82) is 0 Å². The van der Waals surface area contributed by atoms with Gasteiger partial charge in [-0.15, -0.1) is 0 Å². The minimum Gasteiger partial charge on any atom is -0.469 e. The van der Waals surface area contributed by atoms with E-state index in [1.165, 1.54) is 14.2 Å². The zero-order chi connectivity index (χ0) is 17.3. The second-order valence-electron chi connectivity index (χ2n) is 7.41. The molecule has 3 rings (SSSR count). The number of ether oxygens (including phenoxy) is 3. The first-order valence-electron chi connectivity index (χ1n) is 8.88. The van der Waals surface area contributed by atoms with Crippen LogP contribution in [-0.2, 0) is 23.8 Å². The molecule has 0 N–H and O–H groups in total. The van der Waals surface area contributed by atoms with Crippen molar-refractivity contribution < 1.29 is 28.6 Å². The monoisotopic (exact) mass is 338 g/mol. The van der Waals surface area contributed by atoms with E-state index in [4.69, 9.17) is 9.47 Å². The first-order valence-corrected chi connectivity index (χ1v) is 8.88. The summed E-state index contributed by atoms with van der Waals surface area (Å²) in [5.41, 5.74) is -0.442. The van der Waals surface area contributed by atoms with E-state index in [-0.39, 0.29) is 35.6 Å². The molecule has 0 aromatic rings. The Morgan fingerprint density at radius 2 is 1.83 bits per heavy atom. The molecule has 6 heteroatoms. The molecule has 2 bridgehead atoms. The maximum absolute atomic E-state index is 13.3. The lowest BCUT2D eigenvalue weighted by Crippen LogP contribution is -2.40. The van der Waals surface area contributed by atoms with Crippen molar-refractivity contribution in [1.82, 2.24) is 0 Å². The number of carbonyl (C=O) groups excluding carboxylic acids is 3. The summed E-state index contributed by atoms with van der Waals surface area (Å²) in [6, 6.07) is 0. The summed E-state index contributed by atoms with van der Waals surface area (Å²) in [4.78, 5) is 37.1. The molecular formula is C18H26O6. The predicted octanol–water partition coefficient (Wildman–Crippen LogP) is 2.88. The third-order valence-electron chi connectivity index (χ3n) is 6.38. The van der Waals surface area contributed by atoms with Gasteiger partial charge in [-0.25, -0.2) is 4.79 Å². The average Bonchev–Trinajstić information content (AvgIpc) is 2.78. The maximum atomic E-state index is 13.3. The highest BCUT2D eigenvalue weighted by Gasteiger charge is 2.59. The van der Waals surface area contributed by atoms with Crippen LogP contribution >= 0.6 is 0 Å². The van der Waals surface area contributed by atoms with Crippen LogP contribution in [0.5, 0.6) is 0 Å². The standard InChI is InChI=1S/C18H26O6/c1-22-16(20)12-9-11-5-3-4-7-18(15(11)19)8-6-14(13(18)10-12)24-17(21)23-2/h11-14H,3-10H2,1-2H3/t11-,12+,13-,14-,18?/m1/s1. The van der Waals surface area contributed by atoms with Gasteiger partial charge in [0, 0.05) is 17.3 Å². The van der Waals surface area contributed by atoms with E-state index in [1.54, 1.807) is 0 Å². The summed E-state index contributed by atoms with van der Waals surface area (Å²) in [6.45, 7) is 0. The third-order valence-corrected chi connectivity index (χ3v) is 6.38. The number of methoxy groups -OCH3 is 2. The molecule has 0 radical (unpaired) electrons. The number of fused-ring (bicyclic) bond motifs is 1. The molecule has 0 heterocycles. The van der Waals surface area contributed by atoms with Gasteiger partial charge in [-0.1, -0.05) is 12.8 Å². The number of rotatable bonds is 2. The lowest BCUT2D eigenvalue weighted by Gasteiger charge is -2.34. The van der Waals surface area contributed by atoms with E-state index < -0.39 is 11.6 Å². The van der Waals surface area contributed by atoms with Crippen molar-refractivity contribution >= 4 is 17.9 Å². The Labute approximate surface area is 142 Å². The fraction of sp³-hybridized carbons (Fsp3) is 0.833. The first-order chi connectivity index (χ1) is 11.5. The number of esters is 1. The van der Waals surface area contributed by atoms with E-state index in [2.05, 4.69) is 4.74 Å². The second kappa shape index (κ2) is 6.73. The Hall–Kier alpha value is -1.59. The lowest BCUT2D eigenvalue weighted by atomic mass is 9.69. The van der Waals surface area contributed by atoms with Crippen LogP contribution in [0.3, 0.4) is 0 Å². The molecule has 3 aliphatic carbocycles. The molecule has 5 atom stereocenters. The molecule has 24 heavy (non-hydrogen) atoms. The molecule has 0 saturated heterocycles. The Morgan fingerprint density at radius 3 is 2.54 bits per heavy atom. The molecule has 134 valence electrons. The van der Waals surface area contributed by atoms with Crippen LogP contribution in [0.15, 0.2) is 0 Å². The molecule has 0 amide bonds. The van der Waals surface area contributed by atoms with Gasteiger partial charge < -0.3 is 14.2 Å². The molecule has 0 aromatic heterocycles. The SMILES string of the molecule is COC(=O)O[C@@H]1CCC23CCCC[C@H](C[C@H](C(=O)OC)C[C@H]12)C3=O. The Kier molecular flexibility index (Phi) is 4.83. The van der Waals surface area contributed by atoms with Crippen molar-refractivity contribution in [3.05, 3.63) is 0 Å².